The average Bonchev–Trinajstić information content (AvgIpc) is 3.54. The molecule has 0 heterocycles. The minimum Gasteiger partial charge on any atom is -0.508 e. The lowest BCUT2D eigenvalue weighted by Gasteiger charge is -2.07. The fourth-order valence-corrected chi connectivity index (χ4v) is 7.26. The van der Waals surface area contributed by atoms with E-state index in [4.69, 9.17) is 29.2 Å². The number of phenolic OH excluding ortho intramolecular Hbond substituents is 2. The van der Waals surface area contributed by atoms with Crippen LogP contribution in [-0.2, 0) is 0 Å². The molecule has 0 amide bonds. The first-order valence-electron chi connectivity index (χ1n) is 25.4. The molecule has 0 aromatic heterocycles. The van der Waals surface area contributed by atoms with Crippen molar-refractivity contribution in [1.82, 2.24) is 0 Å². The summed E-state index contributed by atoms with van der Waals surface area (Å²) >= 11 is 0. The highest BCUT2D eigenvalue weighted by Gasteiger charge is 2.08. The lowest BCUT2D eigenvalue weighted by molar-refractivity contribution is 0.100. The van der Waals surface area contributed by atoms with Crippen LogP contribution in [0.2, 0.25) is 0 Å². The predicted molar refractivity (Wildman–Crippen MR) is 367 cm³/mol. The summed E-state index contributed by atoms with van der Waals surface area (Å²) in [6.07, 6.45) is 0. The van der Waals surface area contributed by atoms with Gasteiger partial charge in [0.15, 0.2) is 34.7 Å². The Morgan fingerprint density at radius 1 is 0.299 bits per heavy atom. The molecule has 0 aliphatic carbocycles. The SMILES string of the molecule is C.C.C.C.C.C.C.CC.CC(=O)c1ccc(O)cc1.CC(=O)c1cccc(O)c1.COc1ccc(-c2ccc(C(C)=O)cc2)cc1.COc1ccc(C(C)=O)cc1.COc1ccc2cc(C(C)=O)ccc2c1.COc1cccc2c(C(C)=O)cccc12. The van der Waals surface area contributed by atoms with Crippen molar-refractivity contribution in [3.05, 3.63) is 228 Å². The van der Waals surface area contributed by atoms with Crippen molar-refractivity contribution < 1.29 is 57.9 Å². The van der Waals surface area contributed by atoms with Crippen LogP contribution in [0.1, 0.15) is 170 Å². The zero-order chi connectivity index (χ0) is 59.3. The van der Waals surface area contributed by atoms with Crippen molar-refractivity contribution in [2.45, 2.75) is 107 Å². The molecule has 87 heavy (non-hydrogen) atoms. The molecule has 0 aliphatic rings. The van der Waals surface area contributed by atoms with Crippen LogP contribution in [-0.4, -0.2) is 73.4 Å². The average molecular weight is 1190 g/mol. The zero-order valence-corrected chi connectivity index (χ0v) is 47.5. The molecule has 0 saturated heterocycles. The van der Waals surface area contributed by atoms with E-state index in [2.05, 4.69) is 0 Å². The van der Waals surface area contributed by atoms with Gasteiger partial charge in [-0.1, -0.05) is 163 Å². The summed E-state index contributed by atoms with van der Waals surface area (Å²) in [7, 11) is 6.53. The van der Waals surface area contributed by atoms with Crippen LogP contribution in [0.15, 0.2) is 194 Å². The number of carbonyl (C=O) groups is 6. The third-order valence-electron chi connectivity index (χ3n) is 11.7. The van der Waals surface area contributed by atoms with Gasteiger partial charge in [-0.2, -0.15) is 0 Å². The Hall–Kier alpha value is -9.68. The molecule has 0 aliphatic heterocycles. The van der Waals surface area contributed by atoms with Crippen LogP contribution < -0.4 is 18.9 Å². The van der Waals surface area contributed by atoms with Gasteiger partial charge in [-0.3, -0.25) is 28.8 Å². The van der Waals surface area contributed by atoms with Crippen molar-refractivity contribution in [2.75, 3.05) is 28.4 Å². The fraction of sp³-hybridized carbons (Fsp3) is 0.253. The molecule has 470 valence electrons. The van der Waals surface area contributed by atoms with Crippen LogP contribution in [0.5, 0.6) is 34.5 Å². The number of methoxy groups -OCH3 is 4. The van der Waals surface area contributed by atoms with Crippen LogP contribution in [0.4, 0.5) is 0 Å². The van der Waals surface area contributed by atoms with Crippen LogP contribution >= 0.6 is 0 Å². The molecule has 0 spiro atoms. The minimum absolute atomic E-state index is 0. The van der Waals surface area contributed by atoms with Gasteiger partial charge in [0, 0.05) is 38.8 Å². The quantitative estimate of drug-likeness (QED) is 0.117. The highest BCUT2D eigenvalue weighted by atomic mass is 16.5. The lowest BCUT2D eigenvalue weighted by atomic mass is 10.0. The molecule has 0 unspecified atom stereocenters. The van der Waals surface area contributed by atoms with Gasteiger partial charge in [0.2, 0.25) is 0 Å². The van der Waals surface area contributed by atoms with Gasteiger partial charge >= 0.3 is 0 Å². The molecule has 0 radical (unpaired) electrons. The Labute approximate surface area is 520 Å². The molecule has 12 heteroatoms. The van der Waals surface area contributed by atoms with Crippen molar-refractivity contribution in [1.29, 1.82) is 0 Å². The fourth-order valence-electron chi connectivity index (χ4n) is 7.26. The second-order valence-electron chi connectivity index (χ2n) is 17.3. The summed E-state index contributed by atoms with van der Waals surface area (Å²) in [6.45, 7) is 13.2. The molecular formula is C75H98O12. The molecule has 9 aromatic rings. The molecule has 0 fully saturated rings. The number of ketones is 6. The lowest BCUT2D eigenvalue weighted by Crippen LogP contribution is -1.94. The van der Waals surface area contributed by atoms with Crippen LogP contribution in [0, 0.1) is 0 Å². The molecule has 0 bridgehead atoms. The highest BCUT2D eigenvalue weighted by molar-refractivity contribution is 6.08. The van der Waals surface area contributed by atoms with E-state index in [1.54, 1.807) is 105 Å². The van der Waals surface area contributed by atoms with Crippen molar-refractivity contribution in [2.24, 2.45) is 0 Å². The molecule has 9 aromatic carbocycles. The normalized spacial score (nSPS) is 8.87. The smallest absolute Gasteiger partial charge is 0.160 e. The number of Topliss-reactive ketones (excluding diaryl/α,β-unsaturated/α-hetero) is 6. The summed E-state index contributed by atoms with van der Waals surface area (Å²) in [5.74, 6) is 3.88. The topological polar surface area (TPSA) is 180 Å². The van der Waals surface area contributed by atoms with Gasteiger partial charge in [-0.05, 0) is 166 Å². The number of benzene rings is 9. The minimum atomic E-state index is -0.0316. The van der Waals surface area contributed by atoms with E-state index in [1.165, 1.54) is 38.1 Å². The molecule has 12 nitrogen and oxygen atoms in total. The Morgan fingerprint density at radius 3 is 1.06 bits per heavy atom. The largest absolute Gasteiger partial charge is 0.508 e. The Kier molecular flexibility index (Phi) is 44.3. The second-order valence-corrected chi connectivity index (χ2v) is 17.3. The number of hydrogen-bond acceptors (Lipinski definition) is 12. The van der Waals surface area contributed by atoms with E-state index in [0.717, 1.165) is 72.4 Å². The van der Waals surface area contributed by atoms with Crippen molar-refractivity contribution in [3.8, 4) is 45.6 Å². The van der Waals surface area contributed by atoms with Crippen molar-refractivity contribution in [3.63, 3.8) is 0 Å². The number of phenols is 2. The maximum Gasteiger partial charge on any atom is 0.160 e. The Balaban J connectivity index is -0.000000306. The van der Waals surface area contributed by atoms with Gasteiger partial charge in [0.05, 0.1) is 28.4 Å². The Morgan fingerprint density at radius 2 is 0.644 bits per heavy atom. The van der Waals surface area contributed by atoms with E-state index < -0.39 is 0 Å². The molecule has 9 rings (SSSR count). The zero-order valence-electron chi connectivity index (χ0n) is 47.5. The first kappa shape index (κ1) is 86.1. The summed E-state index contributed by atoms with van der Waals surface area (Å²) < 4.78 is 20.4. The van der Waals surface area contributed by atoms with Crippen LogP contribution in [0.25, 0.3) is 32.7 Å². The van der Waals surface area contributed by atoms with E-state index in [1.807, 2.05) is 135 Å². The number of aromatic hydroxyl groups is 2. The van der Waals surface area contributed by atoms with Gasteiger partial charge in [-0.15, -0.1) is 0 Å². The molecular weight excluding hydrogens is 1090 g/mol. The van der Waals surface area contributed by atoms with Gasteiger partial charge in [0.25, 0.3) is 0 Å². The molecule has 0 saturated carbocycles. The summed E-state index contributed by atoms with van der Waals surface area (Å²) in [4.78, 5) is 65.9. The first-order chi connectivity index (χ1) is 38.3. The number of ether oxygens (including phenoxy) is 4. The third kappa shape index (κ3) is 28.2. The molecule has 2 N–H and O–H groups in total. The maximum atomic E-state index is 11.4. The molecule has 0 atom stereocenters. The van der Waals surface area contributed by atoms with E-state index in [0.29, 0.717) is 16.7 Å². The van der Waals surface area contributed by atoms with Gasteiger partial charge in [-0.25, -0.2) is 0 Å². The number of rotatable bonds is 11. The summed E-state index contributed by atoms with van der Waals surface area (Å²) in [5, 5.41) is 21.8. The standard InChI is InChI=1S/C15H14O2.2C13H12O2.C9H10O2.2C8H8O2.C2H6.7CH4/c1-11(16)12-3-5-13(6-4-12)14-7-9-15(17-2)10-8-14;1-9(14)10-5-3-7-12-11(10)6-4-8-13(12)15-2;1-9(14)10-3-4-12-8-13(15-2)6-5-11(12)7-10;1-7(10)8-3-5-9(11-2)6-4-8;1-6(9)7-2-4-8(10)5-3-7;1-6(9)7-3-2-4-8(10)5-7;1-2;;;;;;;/h3-10H,1-2H3;2*3-8H,1-2H3;3-6H,1-2H3;2*2-5,10H,1H3;1-2H3;7*1H4. The summed E-state index contributed by atoms with van der Waals surface area (Å²) in [5.41, 5.74) is 6.31. The second kappa shape index (κ2) is 44.8. The van der Waals surface area contributed by atoms with Gasteiger partial charge < -0.3 is 29.2 Å². The monoisotopic (exact) mass is 1190 g/mol. The number of carbonyl (C=O) groups excluding carboxylic acids is 6. The van der Waals surface area contributed by atoms with E-state index in [9.17, 15) is 28.8 Å². The predicted octanol–water partition coefficient (Wildman–Crippen LogP) is 20.2. The highest BCUT2D eigenvalue weighted by Crippen LogP contribution is 2.28. The van der Waals surface area contributed by atoms with Crippen LogP contribution in [0.3, 0.4) is 0 Å². The van der Waals surface area contributed by atoms with E-state index >= 15 is 0 Å². The van der Waals surface area contributed by atoms with Gasteiger partial charge in [0.1, 0.15) is 34.5 Å². The third-order valence-corrected chi connectivity index (χ3v) is 11.7. The van der Waals surface area contributed by atoms with Crippen molar-refractivity contribution >= 4 is 56.2 Å². The summed E-state index contributed by atoms with van der Waals surface area (Å²) in [6, 6.07) is 57.9. The number of hydrogen-bond donors (Lipinski definition) is 2. The maximum absolute atomic E-state index is 11.4. The van der Waals surface area contributed by atoms with E-state index in [-0.39, 0.29) is 98.2 Å². The first-order valence-corrected chi connectivity index (χ1v) is 25.4. The number of fused-ring (bicyclic) bond motifs is 2. The Bertz CT molecular complexity index is 3450.